The van der Waals surface area contributed by atoms with Gasteiger partial charge in [0, 0.05) is 11.9 Å². The van der Waals surface area contributed by atoms with Gasteiger partial charge < -0.3 is 14.4 Å². The number of benzene rings is 1. The Hall–Kier alpha value is -2.23. The van der Waals surface area contributed by atoms with Crippen molar-refractivity contribution in [1.82, 2.24) is 4.57 Å². The predicted molar refractivity (Wildman–Crippen MR) is 89.7 cm³/mol. The highest BCUT2D eigenvalue weighted by Gasteiger charge is 2.16. The molecule has 0 unspecified atom stereocenters. The summed E-state index contributed by atoms with van der Waals surface area (Å²) in [6.07, 6.45) is 5.88. The lowest BCUT2D eigenvalue weighted by Crippen LogP contribution is -2.23. The van der Waals surface area contributed by atoms with Crippen molar-refractivity contribution < 1.29 is 9.84 Å². The third kappa shape index (κ3) is 3.32. The Kier molecular flexibility index (Phi) is 5.64. The summed E-state index contributed by atoms with van der Waals surface area (Å²) < 4.78 is 7.09. The van der Waals surface area contributed by atoms with E-state index in [2.05, 4.69) is 13.5 Å². The van der Waals surface area contributed by atoms with E-state index in [0.717, 1.165) is 31.2 Å². The van der Waals surface area contributed by atoms with Gasteiger partial charge >= 0.3 is 0 Å². The van der Waals surface area contributed by atoms with Crippen LogP contribution in [-0.4, -0.2) is 16.3 Å². The maximum absolute atomic E-state index is 12.6. The molecule has 4 nitrogen and oxygen atoms in total. The van der Waals surface area contributed by atoms with Crippen LogP contribution in [0.1, 0.15) is 32.6 Å². The molecule has 0 fully saturated rings. The Morgan fingerprint density at radius 2 is 2.05 bits per heavy atom. The molecule has 1 N–H and O–H groups in total. The fourth-order valence-electron chi connectivity index (χ4n) is 2.56. The number of para-hydroxylation sites is 1. The summed E-state index contributed by atoms with van der Waals surface area (Å²) in [5.74, 6) is -0.0821. The van der Waals surface area contributed by atoms with Crippen molar-refractivity contribution in [3.8, 4) is 11.5 Å². The van der Waals surface area contributed by atoms with Crippen molar-refractivity contribution in [2.45, 2.75) is 39.2 Å². The second-order valence-electron chi connectivity index (χ2n) is 5.31. The topological polar surface area (TPSA) is 51.5 Å². The minimum Gasteiger partial charge on any atom is -0.504 e. The van der Waals surface area contributed by atoms with E-state index in [-0.39, 0.29) is 23.7 Å². The van der Waals surface area contributed by atoms with Gasteiger partial charge in [-0.15, -0.1) is 0 Å². The largest absolute Gasteiger partial charge is 0.504 e. The molecule has 0 bridgehead atoms. The molecule has 1 heterocycles. The van der Waals surface area contributed by atoms with Crippen molar-refractivity contribution in [1.29, 1.82) is 0 Å². The summed E-state index contributed by atoms with van der Waals surface area (Å²) >= 11 is 0. The molecule has 0 aliphatic rings. The Morgan fingerprint density at radius 3 is 2.77 bits per heavy atom. The first-order valence-corrected chi connectivity index (χ1v) is 7.78. The number of hydrogen-bond acceptors (Lipinski definition) is 3. The van der Waals surface area contributed by atoms with E-state index in [9.17, 15) is 9.90 Å². The van der Waals surface area contributed by atoms with E-state index >= 15 is 0 Å². The van der Waals surface area contributed by atoms with Crippen molar-refractivity contribution in [2.75, 3.05) is 6.61 Å². The maximum Gasteiger partial charge on any atom is 0.297 e. The van der Waals surface area contributed by atoms with Gasteiger partial charge in [0.1, 0.15) is 6.61 Å². The average molecular weight is 301 g/mol. The fraction of sp³-hybridized carbons (Fsp3) is 0.389. The molecule has 0 saturated heterocycles. The number of pyridine rings is 1. The molecular weight excluding hydrogens is 278 g/mol. The third-order valence-electron chi connectivity index (χ3n) is 3.69. The van der Waals surface area contributed by atoms with E-state index < -0.39 is 0 Å². The molecule has 0 atom stereocenters. The zero-order chi connectivity index (χ0) is 15.9. The minimum absolute atomic E-state index is 0.00842. The number of unbranched alkanes of at least 4 members (excludes halogenated alkanes) is 3. The molecule has 0 amide bonds. The molecule has 118 valence electrons. The highest BCUT2D eigenvalue weighted by molar-refractivity contribution is 5.87. The SMILES string of the molecule is C=CCOc1c(O)c2ccccc2n(CCCCCC)c1=O. The van der Waals surface area contributed by atoms with Crippen LogP contribution in [0, 0.1) is 0 Å². The summed E-state index contributed by atoms with van der Waals surface area (Å²) in [7, 11) is 0. The van der Waals surface area contributed by atoms with E-state index in [0.29, 0.717) is 11.9 Å². The number of ether oxygens (including phenoxy) is 1. The molecule has 0 aliphatic heterocycles. The van der Waals surface area contributed by atoms with Crippen LogP contribution < -0.4 is 10.3 Å². The van der Waals surface area contributed by atoms with Crippen LogP contribution in [0.4, 0.5) is 0 Å². The van der Waals surface area contributed by atoms with Crippen molar-refractivity contribution in [3.63, 3.8) is 0 Å². The number of fused-ring (bicyclic) bond motifs is 1. The predicted octanol–water partition coefficient (Wildman–Crippen LogP) is 3.85. The first kappa shape index (κ1) is 16.1. The van der Waals surface area contributed by atoms with Crippen LogP contribution >= 0.6 is 0 Å². The minimum atomic E-state index is -0.283. The van der Waals surface area contributed by atoms with Gasteiger partial charge in [0.2, 0.25) is 5.75 Å². The van der Waals surface area contributed by atoms with Crippen molar-refractivity contribution >= 4 is 10.9 Å². The lowest BCUT2D eigenvalue weighted by molar-refractivity contribution is 0.329. The van der Waals surface area contributed by atoms with Crippen molar-refractivity contribution in [2.24, 2.45) is 0 Å². The normalized spacial score (nSPS) is 10.8. The summed E-state index contributed by atoms with van der Waals surface area (Å²) in [6.45, 7) is 6.55. The van der Waals surface area contributed by atoms with Gasteiger partial charge in [0.05, 0.1) is 5.52 Å². The molecular formula is C18H23NO3. The number of aromatic nitrogens is 1. The van der Waals surface area contributed by atoms with Gasteiger partial charge in [-0.2, -0.15) is 0 Å². The van der Waals surface area contributed by atoms with Crippen LogP contribution in [0.3, 0.4) is 0 Å². The molecule has 0 saturated carbocycles. The van der Waals surface area contributed by atoms with Crippen LogP contribution in [0.5, 0.6) is 11.5 Å². The first-order chi connectivity index (χ1) is 10.7. The number of aryl methyl sites for hydroxylation is 1. The quantitative estimate of drug-likeness (QED) is 0.595. The summed E-state index contributed by atoms with van der Waals surface area (Å²) in [6, 6.07) is 7.36. The van der Waals surface area contributed by atoms with Gasteiger partial charge in [-0.3, -0.25) is 4.79 Å². The number of rotatable bonds is 8. The van der Waals surface area contributed by atoms with Gasteiger partial charge in [-0.05, 0) is 18.6 Å². The van der Waals surface area contributed by atoms with E-state index in [1.165, 1.54) is 0 Å². The van der Waals surface area contributed by atoms with Crippen molar-refractivity contribution in [3.05, 3.63) is 47.3 Å². The maximum atomic E-state index is 12.6. The van der Waals surface area contributed by atoms with Gasteiger partial charge in [0.25, 0.3) is 5.56 Å². The Balaban J connectivity index is 2.47. The van der Waals surface area contributed by atoms with Crippen LogP contribution in [-0.2, 0) is 6.54 Å². The summed E-state index contributed by atoms with van der Waals surface area (Å²) in [4.78, 5) is 12.6. The molecule has 0 radical (unpaired) electrons. The fourth-order valence-corrected chi connectivity index (χ4v) is 2.56. The lowest BCUT2D eigenvalue weighted by Gasteiger charge is -2.15. The second-order valence-corrected chi connectivity index (χ2v) is 5.31. The highest BCUT2D eigenvalue weighted by atomic mass is 16.5. The third-order valence-corrected chi connectivity index (χ3v) is 3.69. The number of hydrogen-bond donors (Lipinski definition) is 1. The first-order valence-electron chi connectivity index (χ1n) is 7.78. The monoisotopic (exact) mass is 301 g/mol. The molecule has 2 aromatic rings. The Labute approximate surface area is 130 Å². The van der Waals surface area contributed by atoms with Gasteiger partial charge in [0.15, 0.2) is 5.75 Å². The zero-order valence-corrected chi connectivity index (χ0v) is 13.0. The Bertz CT molecular complexity index is 703. The smallest absolute Gasteiger partial charge is 0.297 e. The molecule has 4 heteroatoms. The standard InChI is InChI=1S/C18H23NO3/c1-3-5-6-9-12-19-15-11-8-7-10-14(15)16(20)17(18(19)21)22-13-4-2/h4,7-8,10-11,20H,2-3,5-6,9,12-13H2,1H3. The van der Waals surface area contributed by atoms with Crippen LogP contribution in [0.15, 0.2) is 41.7 Å². The summed E-state index contributed by atoms with van der Waals surface area (Å²) in [5, 5.41) is 11.0. The second kappa shape index (κ2) is 7.69. The molecule has 2 rings (SSSR count). The molecule has 0 aliphatic carbocycles. The van der Waals surface area contributed by atoms with Crippen LogP contribution in [0.2, 0.25) is 0 Å². The molecule has 0 spiro atoms. The number of aromatic hydroxyl groups is 1. The molecule has 22 heavy (non-hydrogen) atoms. The van der Waals surface area contributed by atoms with E-state index in [4.69, 9.17) is 4.74 Å². The highest BCUT2D eigenvalue weighted by Crippen LogP contribution is 2.31. The molecule has 1 aromatic carbocycles. The van der Waals surface area contributed by atoms with Gasteiger partial charge in [-0.1, -0.05) is 51.0 Å². The van der Waals surface area contributed by atoms with E-state index in [1.54, 1.807) is 16.7 Å². The van der Waals surface area contributed by atoms with Crippen LogP contribution in [0.25, 0.3) is 10.9 Å². The Morgan fingerprint density at radius 1 is 1.27 bits per heavy atom. The summed E-state index contributed by atoms with van der Waals surface area (Å²) in [5.41, 5.74) is 0.460. The number of nitrogens with zero attached hydrogens (tertiary/aromatic N) is 1. The lowest BCUT2D eigenvalue weighted by atomic mass is 10.1. The molecule has 1 aromatic heterocycles. The average Bonchev–Trinajstić information content (AvgIpc) is 2.54. The zero-order valence-electron chi connectivity index (χ0n) is 13.0. The van der Waals surface area contributed by atoms with E-state index in [1.807, 2.05) is 18.2 Å². The van der Waals surface area contributed by atoms with Gasteiger partial charge in [-0.25, -0.2) is 0 Å².